The summed E-state index contributed by atoms with van der Waals surface area (Å²) in [5, 5.41) is 10.7. The first-order valence-corrected chi connectivity index (χ1v) is 5.58. The molecule has 0 saturated heterocycles. The van der Waals surface area contributed by atoms with Gasteiger partial charge in [-0.2, -0.15) is 0 Å². The average molecular weight is 188 g/mol. The van der Waals surface area contributed by atoms with Crippen molar-refractivity contribution in [1.82, 2.24) is 0 Å². The molecule has 0 radical (unpaired) electrons. The fraction of sp³-hybridized carbons (Fsp3) is 0.538. The van der Waals surface area contributed by atoms with E-state index in [1.54, 1.807) is 0 Å². The molecule has 0 bridgehead atoms. The van der Waals surface area contributed by atoms with Crippen molar-refractivity contribution in [3.8, 4) is 0 Å². The topological polar surface area (TPSA) is 20.2 Å². The second kappa shape index (κ2) is 2.83. The van der Waals surface area contributed by atoms with Crippen LogP contribution in [0.2, 0.25) is 0 Å². The lowest BCUT2D eigenvalue weighted by Crippen LogP contribution is -2.37. The van der Waals surface area contributed by atoms with E-state index >= 15 is 0 Å². The summed E-state index contributed by atoms with van der Waals surface area (Å²) in [6.45, 7) is 0. The molecule has 1 nitrogen and oxygen atoms in total. The van der Waals surface area contributed by atoms with Crippen LogP contribution >= 0.6 is 0 Å². The summed E-state index contributed by atoms with van der Waals surface area (Å²) in [6, 6.07) is 10.2. The molecular weight excluding hydrogens is 172 g/mol. The number of hydrogen-bond acceptors (Lipinski definition) is 1. The molecule has 74 valence electrons. The van der Waals surface area contributed by atoms with Crippen LogP contribution in [0.3, 0.4) is 0 Å². The molecule has 3 unspecified atom stereocenters. The molecule has 3 rings (SSSR count). The third-order valence-corrected chi connectivity index (χ3v) is 4.20. The van der Waals surface area contributed by atoms with Gasteiger partial charge in [-0.05, 0) is 43.1 Å². The van der Waals surface area contributed by atoms with Gasteiger partial charge in [0.25, 0.3) is 0 Å². The third-order valence-electron chi connectivity index (χ3n) is 4.20. The largest absolute Gasteiger partial charge is 0.385 e. The summed E-state index contributed by atoms with van der Waals surface area (Å²) >= 11 is 0. The van der Waals surface area contributed by atoms with Gasteiger partial charge < -0.3 is 5.11 Å². The van der Waals surface area contributed by atoms with Crippen molar-refractivity contribution in [1.29, 1.82) is 0 Å². The zero-order valence-corrected chi connectivity index (χ0v) is 8.32. The van der Waals surface area contributed by atoms with Crippen LogP contribution in [0.1, 0.15) is 31.2 Å². The van der Waals surface area contributed by atoms with E-state index < -0.39 is 5.60 Å². The van der Waals surface area contributed by atoms with Crippen molar-refractivity contribution in [2.45, 2.75) is 31.3 Å². The van der Waals surface area contributed by atoms with Crippen LogP contribution in [0.15, 0.2) is 30.3 Å². The van der Waals surface area contributed by atoms with Crippen LogP contribution in [-0.2, 0) is 5.60 Å². The smallest absolute Gasteiger partial charge is 0.0927 e. The first-order valence-electron chi connectivity index (χ1n) is 5.58. The first kappa shape index (κ1) is 8.49. The first-order chi connectivity index (χ1) is 6.81. The molecular formula is C13H16O. The summed E-state index contributed by atoms with van der Waals surface area (Å²) in [4.78, 5) is 0. The quantitative estimate of drug-likeness (QED) is 0.718. The number of benzene rings is 1. The molecule has 2 saturated carbocycles. The number of rotatable bonds is 1. The van der Waals surface area contributed by atoms with E-state index in [-0.39, 0.29) is 0 Å². The molecule has 2 fully saturated rings. The summed E-state index contributed by atoms with van der Waals surface area (Å²) < 4.78 is 0. The van der Waals surface area contributed by atoms with Gasteiger partial charge >= 0.3 is 0 Å². The lowest BCUT2D eigenvalue weighted by molar-refractivity contribution is -0.0440. The van der Waals surface area contributed by atoms with Crippen LogP contribution < -0.4 is 0 Å². The van der Waals surface area contributed by atoms with Crippen LogP contribution in [0, 0.1) is 11.8 Å². The van der Waals surface area contributed by atoms with Crippen molar-refractivity contribution >= 4 is 0 Å². The predicted molar refractivity (Wildman–Crippen MR) is 55.8 cm³/mol. The number of hydrogen-bond donors (Lipinski definition) is 1. The Kier molecular flexibility index (Phi) is 1.72. The highest BCUT2D eigenvalue weighted by Crippen LogP contribution is 2.56. The Labute approximate surface area is 84.8 Å². The minimum absolute atomic E-state index is 0.496. The van der Waals surface area contributed by atoms with Gasteiger partial charge in [0.15, 0.2) is 0 Å². The van der Waals surface area contributed by atoms with Crippen molar-refractivity contribution < 1.29 is 5.11 Å². The molecule has 0 amide bonds. The third kappa shape index (κ3) is 0.992. The monoisotopic (exact) mass is 188 g/mol. The van der Waals surface area contributed by atoms with Gasteiger partial charge in [0.2, 0.25) is 0 Å². The van der Waals surface area contributed by atoms with E-state index in [0.717, 1.165) is 17.9 Å². The maximum atomic E-state index is 10.7. The van der Waals surface area contributed by atoms with Crippen LogP contribution in [0.5, 0.6) is 0 Å². The lowest BCUT2D eigenvalue weighted by atomic mass is 9.69. The number of aliphatic hydroxyl groups is 1. The summed E-state index contributed by atoms with van der Waals surface area (Å²) in [5.74, 6) is 1.35. The minimum atomic E-state index is -0.496. The standard InChI is InChI=1S/C13H16O/c14-13(11-4-2-1-3-5-11)9-8-10-6-7-12(10)13/h1-5,10,12,14H,6-9H2. The van der Waals surface area contributed by atoms with E-state index in [4.69, 9.17) is 0 Å². The van der Waals surface area contributed by atoms with E-state index in [2.05, 4.69) is 12.1 Å². The Bertz CT molecular complexity index is 332. The molecule has 0 spiro atoms. The van der Waals surface area contributed by atoms with Gasteiger partial charge in [-0.1, -0.05) is 30.3 Å². The molecule has 1 aromatic rings. The molecule has 1 aromatic carbocycles. The maximum absolute atomic E-state index is 10.7. The Morgan fingerprint density at radius 3 is 2.43 bits per heavy atom. The molecule has 3 atom stereocenters. The maximum Gasteiger partial charge on any atom is 0.0927 e. The van der Waals surface area contributed by atoms with Crippen LogP contribution in [0.25, 0.3) is 0 Å². The van der Waals surface area contributed by atoms with Crippen molar-refractivity contribution in [3.05, 3.63) is 35.9 Å². The minimum Gasteiger partial charge on any atom is -0.385 e. The van der Waals surface area contributed by atoms with Crippen molar-refractivity contribution in [3.63, 3.8) is 0 Å². The van der Waals surface area contributed by atoms with Crippen molar-refractivity contribution in [2.75, 3.05) is 0 Å². The predicted octanol–water partition coefficient (Wildman–Crippen LogP) is 2.69. The molecule has 1 heteroatoms. The fourth-order valence-corrected chi connectivity index (χ4v) is 3.22. The summed E-state index contributed by atoms with van der Waals surface area (Å²) in [5.41, 5.74) is 0.636. The van der Waals surface area contributed by atoms with E-state index in [1.807, 2.05) is 18.2 Å². The van der Waals surface area contributed by atoms with Gasteiger partial charge in [-0.3, -0.25) is 0 Å². The van der Waals surface area contributed by atoms with E-state index in [1.165, 1.54) is 19.3 Å². The normalized spacial score (nSPS) is 40.4. The molecule has 0 aliphatic heterocycles. The van der Waals surface area contributed by atoms with E-state index in [0.29, 0.717) is 5.92 Å². The number of fused-ring (bicyclic) bond motifs is 1. The van der Waals surface area contributed by atoms with Gasteiger partial charge in [-0.15, -0.1) is 0 Å². The average Bonchev–Trinajstić information content (AvgIpc) is 2.39. The fourth-order valence-electron chi connectivity index (χ4n) is 3.22. The molecule has 2 aliphatic rings. The second-order valence-corrected chi connectivity index (χ2v) is 4.77. The van der Waals surface area contributed by atoms with Crippen LogP contribution in [-0.4, -0.2) is 5.11 Å². The second-order valence-electron chi connectivity index (χ2n) is 4.77. The molecule has 0 aromatic heterocycles. The van der Waals surface area contributed by atoms with Gasteiger partial charge in [0.1, 0.15) is 0 Å². The summed E-state index contributed by atoms with van der Waals surface area (Å²) in [7, 11) is 0. The Hall–Kier alpha value is -0.820. The highest BCUT2D eigenvalue weighted by Gasteiger charge is 2.52. The zero-order chi connectivity index (χ0) is 9.60. The Morgan fingerprint density at radius 1 is 1.07 bits per heavy atom. The lowest BCUT2D eigenvalue weighted by Gasteiger charge is -2.40. The Morgan fingerprint density at radius 2 is 1.86 bits per heavy atom. The molecule has 14 heavy (non-hydrogen) atoms. The molecule has 0 heterocycles. The SMILES string of the molecule is OC1(c2ccccc2)CCC2CCC21. The Balaban J connectivity index is 1.97. The molecule has 2 aliphatic carbocycles. The highest BCUT2D eigenvalue weighted by atomic mass is 16.3. The highest BCUT2D eigenvalue weighted by molar-refractivity contribution is 5.26. The van der Waals surface area contributed by atoms with Gasteiger partial charge in [0, 0.05) is 0 Å². The van der Waals surface area contributed by atoms with Crippen LogP contribution in [0.4, 0.5) is 0 Å². The van der Waals surface area contributed by atoms with Gasteiger partial charge in [-0.25, -0.2) is 0 Å². The van der Waals surface area contributed by atoms with Gasteiger partial charge in [0.05, 0.1) is 5.60 Å². The summed E-state index contributed by atoms with van der Waals surface area (Å²) in [6.07, 6.45) is 4.73. The van der Waals surface area contributed by atoms with E-state index in [9.17, 15) is 5.11 Å². The molecule has 1 N–H and O–H groups in total. The van der Waals surface area contributed by atoms with Crippen molar-refractivity contribution in [2.24, 2.45) is 11.8 Å². The zero-order valence-electron chi connectivity index (χ0n) is 8.32.